The largest absolute Gasteiger partial charge is 0.0622 e. The lowest BCUT2D eigenvalue weighted by Gasteiger charge is -2.21. The summed E-state index contributed by atoms with van der Waals surface area (Å²) in [5.74, 6) is 0. The van der Waals surface area contributed by atoms with E-state index in [4.69, 9.17) is 0 Å². The molecule has 0 N–H and O–H groups in total. The number of hydrogen-bond acceptors (Lipinski definition) is 0. The fourth-order valence-corrected chi connectivity index (χ4v) is 7.52. The molecule has 9 aromatic carbocycles. The first-order valence-corrected chi connectivity index (χ1v) is 17.3. The van der Waals surface area contributed by atoms with Gasteiger partial charge in [0.15, 0.2) is 0 Å². The third kappa shape index (κ3) is 5.38. The minimum atomic E-state index is 1.20. The van der Waals surface area contributed by atoms with E-state index >= 15 is 0 Å². The van der Waals surface area contributed by atoms with Crippen LogP contribution in [0.2, 0.25) is 0 Å². The quantitative estimate of drug-likeness (QED) is 0.160. The summed E-state index contributed by atoms with van der Waals surface area (Å²) in [6.07, 6.45) is 0. The van der Waals surface area contributed by atoms with E-state index in [2.05, 4.69) is 206 Å². The molecule has 9 aromatic rings. The van der Waals surface area contributed by atoms with Crippen molar-refractivity contribution in [3.8, 4) is 66.8 Å². The van der Waals surface area contributed by atoms with Crippen LogP contribution < -0.4 is 0 Å². The summed E-state index contributed by atoms with van der Waals surface area (Å²) in [6, 6.07) is 74.9. The Morgan fingerprint density at radius 1 is 0.180 bits per heavy atom. The van der Waals surface area contributed by atoms with E-state index in [-0.39, 0.29) is 0 Å². The molecule has 0 fully saturated rings. The van der Waals surface area contributed by atoms with Gasteiger partial charge in [-0.05, 0) is 107 Å². The lowest BCUT2D eigenvalue weighted by Crippen LogP contribution is -1.93. The lowest BCUT2D eigenvalue weighted by molar-refractivity contribution is 1.57. The van der Waals surface area contributed by atoms with Crippen molar-refractivity contribution in [1.82, 2.24) is 0 Å². The molecule has 0 nitrogen and oxygen atoms in total. The Kier molecular flexibility index (Phi) is 7.61. The topological polar surface area (TPSA) is 0 Å². The standard InChI is InChI=1S/C50H34/c1-4-16-35(17-5-1)38-22-14-24-40(32-38)41-30-31-47(48(34-41)37-20-8-3-9-21-37)50-45-28-12-10-26-43(45)49(44-27-11-13-29-46(44)50)42-25-15-23-39(33-42)36-18-6-2-7-19-36/h1-34H. The summed E-state index contributed by atoms with van der Waals surface area (Å²) in [7, 11) is 0. The second-order valence-electron chi connectivity index (χ2n) is 12.9. The molecule has 0 radical (unpaired) electrons. The highest BCUT2D eigenvalue weighted by molar-refractivity contribution is 6.22. The fourth-order valence-electron chi connectivity index (χ4n) is 7.52. The maximum absolute atomic E-state index is 2.38. The molecule has 0 amide bonds. The molecule has 0 spiro atoms. The molecule has 234 valence electrons. The maximum atomic E-state index is 2.38. The zero-order chi connectivity index (χ0) is 33.3. The number of benzene rings is 9. The summed E-state index contributed by atoms with van der Waals surface area (Å²) in [4.78, 5) is 0. The Balaban J connectivity index is 1.29. The molecule has 0 unspecified atom stereocenters. The predicted molar refractivity (Wildman–Crippen MR) is 214 cm³/mol. The summed E-state index contributed by atoms with van der Waals surface area (Å²) in [5, 5.41) is 5.01. The van der Waals surface area contributed by atoms with E-state index in [0.29, 0.717) is 0 Å². The molecule has 0 heterocycles. The van der Waals surface area contributed by atoms with Crippen LogP contribution >= 0.6 is 0 Å². The molecule has 50 heavy (non-hydrogen) atoms. The van der Waals surface area contributed by atoms with Crippen LogP contribution in [0, 0.1) is 0 Å². The lowest BCUT2D eigenvalue weighted by atomic mass is 9.82. The van der Waals surface area contributed by atoms with Gasteiger partial charge in [0.25, 0.3) is 0 Å². The van der Waals surface area contributed by atoms with Gasteiger partial charge in [0.05, 0.1) is 0 Å². The second-order valence-corrected chi connectivity index (χ2v) is 12.9. The SMILES string of the molecule is c1ccc(-c2cccc(-c3ccc(-c4c5ccccc5c(-c5cccc(-c6ccccc6)c5)c5ccccc45)c(-c4ccccc4)c3)c2)cc1. The maximum Gasteiger partial charge on any atom is -0.00201 e. The summed E-state index contributed by atoms with van der Waals surface area (Å²) in [5.41, 5.74) is 14.7. The second kappa shape index (κ2) is 12.8. The van der Waals surface area contributed by atoms with E-state index in [1.165, 1.54) is 88.3 Å². The number of fused-ring (bicyclic) bond motifs is 2. The van der Waals surface area contributed by atoms with Crippen LogP contribution in [0.5, 0.6) is 0 Å². The van der Waals surface area contributed by atoms with Crippen molar-refractivity contribution in [2.75, 3.05) is 0 Å². The van der Waals surface area contributed by atoms with Crippen molar-refractivity contribution < 1.29 is 0 Å². The molecular weight excluding hydrogens is 601 g/mol. The van der Waals surface area contributed by atoms with Gasteiger partial charge in [0.2, 0.25) is 0 Å². The van der Waals surface area contributed by atoms with Crippen LogP contribution in [0.1, 0.15) is 0 Å². The van der Waals surface area contributed by atoms with Gasteiger partial charge in [-0.15, -0.1) is 0 Å². The average molecular weight is 635 g/mol. The van der Waals surface area contributed by atoms with Crippen molar-refractivity contribution in [2.45, 2.75) is 0 Å². The Morgan fingerprint density at radius 2 is 0.540 bits per heavy atom. The molecular formula is C50H34. The highest BCUT2D eigenvalue weighted by Gasteiger charge is 2.20. The van der Waals surface area contributed by atoms with Crippen LogP contribution in [-0.4, -0.2) is 0 Å². The summed E-state index contributed by atoms with van der Waals surface area (Å²) >= 11 is 0. The molecule has 9 rings (SSSR count). The fraction of sp³-hybridized carbons (Fsp3) is 0. The molecule has 0 aliphatic carbocycles. The number of hydrogen-bond donors (Lipinski definition) is 0. The molecule has 0 saturated heterocycles. The Labute approximate surface area is 293 Å². The van der Waals surface area contributed by atoms with Crippen LogP contribution in [0.15, 0.2) is 206 Å². The van der Waals surface area contributed by atoms with Crippen molar-refractivity contribution in [3.05, 3.63) is 206 Å². The van der Waals surface area contributed by atoms with Gasteiger partial charge in [0, 0.05) is 0 Å². The van der Waals surface area contributed by atoms with Crippen molar-refractivity contribution in [2.24, 2.45) is 0 Å². The highest BCUT2D eigenvalue weighted by Crippen LogP contribution is 2.47. The van der Waals surface area contributed by atoms with Crippen LogP contribution in [0.3, 0.4) is 0 Å². The zero-order valence-electron chi connectivity index (χ0n) is 27.6. The highest BCUT2D eigenvalue weighted by atomic mass is 14.2. The molecule has 0 aliphatic rings. The van der Waals surface area contributed by atoms with E-state index in [1.54, 1.807) is 0 Å². The van der Waals surface area contributed by atoms with Gasteiger partial charge in [-0.2, -0.15) is 0 Å². The predicted octanol–water partition coefficient (Wildman–Crippen LogP) is 14.0. The monoisotopic (exact) mass is 634 g/mol. The van der Waals surface area contributed by atoms with Crippen LogP contribution in [-0.2, 0) is 0 Å². The van der Waals surface area contributed by atoms with E-state index in [0.717, 1.165) is 0 Å². The summed E-state index contributed by atoms with van der Waals surface area (Å²) in [6.45, 7) is 0. The minimum absolute atomic E-state index is 1.20. The molecule has 0 aliphatic heterocycles. The van der Waals surface area contributed by atoms with Gasteiger partial charge < -0.3 is 0 Å². The van der Waals surface area contributed by atoms with Crippen molar-refractivity contribution in [3.63, 3.8) is 0 Å². The third-order valence-corrected chi connectivity index (χ3v) is 9.87. The van der Waals surface area contributed by atoms with Crippen molar-refractivity contribution >= 4 is 21.5 Å². The zero-order valence-corrected chi connectivity index (χ0v) is 27.6. The first-order chi connectivity index (χ1) is 24.8. The molecule has 0 saturated carbocycles. The Hall–Kier alpha value is -6.50. The Bertz CT molecular complexity index is 2560. The van der Waals surface area contributed by atoms with Crippen molar-refractivity contribution in [1.29, 1.82) is 0 Å². The normalized spacial score (nSPS) is 11.2. The van der Waals surface area contributed by atoms with E-state index in [1.807, 2.05) is 0 Å². The smallest absolute Gasteiger partial charge is 0.00201 e. The molecule has 0 aromatic heterocycles. The van der Waals surface area contributed by atoms with Gasteiger partial charge in [-0.25, -0.2) is 0 Å². The van der Waals surface area contributed by atoms with Gasteiger partial charge in [-0.3, -0.25) is 0 Å². The first-order valence-electron chi connectivity index (χ1n) is 17.3. The Morgan fingerprint density at radius 3 is 1.06 bits per heavy atom. The first kappa shape index (κ1) is 29.6. The molecule has 0 heteroatoms. The van der Waals surface area contributed by atoms with Crippen LogP contribution in [0.25, 0.3) is 88.3 Å². The van der Waals surface area contributed by atoms with Gasteiger partial charge >= 0.3 is 0 Å². The molecule has 0 bridgehead atoms. The minimum Gasteiger partial charge on any atom is -0.0622 e. The average Bonchev–Trinajstić information content (AvgIpc) is 3.21. The van der Waals surface area contributed by atoms with Gasteiger partial charge in [0.1, 0.15) is 0 Å². The number of rotatable bonds is 6. The third-order valence-electron chi connectivity index (χ3n) is 9.87. The van der Waals surface area contributed by atoms with E-state index < -0.39 is 0 Å². The van der Waals surface area contributed by atoms with Crippen LogP contribution in [0.4, 0.5) is 0 Å². The molecule has 0 atom stereocenters. The van der Waals surface area contributed by atoms with E-state index in [9.17, 15) is 0 Å². The van der Waals surface area contributed by atoms with Gasteiger partial charge in [-0.1, -0.05) is 188 Å². The summed E-state index contributed by atoms with van der Waals surface area (Å²) < 4.78 is 0.